The number of carbonyl (C=O) groups excluding carboxylic acids is 1. The topological polar surface area (TPSA) is 60.9 Å². The summed E-state index contributed by atoms with van der Waals surface area (Å²) in [7, 11) is 0.365. The van der Waals surface area contributed by atoms with E-state index in [0.29, 0.717) is 13.1 Å². The predicted molar refractivity (Wildman–Crippen MR) is 129 cm³/mol. The molecule has 0 saturated carbocycles. The van der Waals surface area contributed by atoms with Crippen LogP contribution in [0.3, 0.4) is 0 Å². The Hall–Kier alpha value is -3.16. The largest absolute Gasteiger partial charge is 0.378 e. The van der Waals surface area contributed by atoms with Crippen molar-refractivity contribution in [3.63, 3.8) is 0 Å². The third kappa shape index (κ3) is 4.69. The molecule has 1 saturated heterocycles. The van der Waals surface area contributed by atoms with E-state index in [2.05, 4.69) is 0 Å². The van der Waals surface area contributed by atoms with Crippen molar-refractivity contribution in [1.29, 1.82) is 0 Å². The van der Waals surface area contributed by atoms with E-state index in [-0.39, 0.29) is 23.9 Å². The Morgan fingerprint density at radius 1 is 0.875 bits per heavy atom. The summed E-state index contributed by atoms with van der Waals surface area (Å²) < 4.78 is 27.7. The van der Waals surface area contributed by atoms with E-state index in [1.165, 1.54) is 4.31 Å². The van der Waals surface area contributed by atoms with Crippen molar-refractivity contribution in [1.82, 2.24) is 9.21 Å². The summed E-state index contributed by atoms with van der Waals surface area (Å²) in [5.41, 5.74) is 2.04. The van der Waals surface area contributed by atoms with Crippen LogP contribution < -0.4 is 4.90 Å². The number of sulfonamides is 1. The average Bonchev–Trinajstić information content (AvgIpc) is 2.82. The Bertz CT molecular complexity index is 1240. The lowest BCUT2D eigenvalue weighted by Gasteiger charge is -2.33. The Kier molecular flexibility index (Phi) is 6.30. The SMILES string of the molecule is CN(C)c1ccc(/C=C/C(=O)N2CCN(S(=O)(=O)c3ccc4ccccc4c3)CC2)cc1. The second-order valence-corrected chi connectivity index (χ2v) is 10.00. The standard InChI is InChI=1S/C25H27N3O3S/c1-26(2)23-11-7-20(8-12-23)9-14-25(29)27-15-17-28(18-16-27)32(30,31)24-13-10-21-5-3-4-6-22(21)19-24/h3-14,19H,15-18H2,1-2H3/b14-9+. The molecule has 0 aliphatic carbocycles. The van der Waals surface area contributed by atoms with E-state index < -0.39 is 10.0 Å². The molecule has 6 nitrogen and oxygen atoms in total. The van der Waals surface area contributed by atoms with Crippen LogP contribution in [0.4, 0.5) is 5.69 Å². The van der Waals surface area contributed by atoms with Gasteiger partial charge in [0.05, 0.1) is 4.90 Å². The third-order valence-electron chi connectivity index (χ3n) is 5.74. The lowest BCUT2D eigenvalue weighted by molar-refractivity contribution is -0.127. The van der Waals surface area contributed by atoms with Crippen molar-refractivity contribution in [2.75, 3.05) is 45.2 Å². The number of piperazine rings is 1. The molecule has 166 valence electrons. The molecule has 0 atom stereocenters. The molecule has 0 bridgehead atoms. The first-order valence-electron chi connectivity index (χ1n) is 10.6. The minimum absolute atomic E-state index is 0.107. The van der Waals surface area contributed by atoms with Crippen LogP contribution in [0.15, 0.2) is 77.7 Å². The number of benzene rings is 3. The van der Waals surface area contributed by atoms with Crippen LogP contribution in [0.5, 0.6) is 0 Å². The maximum atomic E-state index is 13.1. The zero-order valence-corrected chi connectivity index (χ0v) is 19.1. The van der Waals surface area contributed by atoms with Gasteiger partial charge in [0.1, 0.15) is 0 Å². The zero-order valence-electron chi connectivity index (χ0n) is 18.3. The molecule has 1 aliphatic heterocycles. The van der Waals surface area contributed by atoms with Crippen LogP contribution in [0.2, 0.25) is 0 Å². The highest BCUT2D eigenvalue weighted by molar-refractivity contribution is 7.89. The zero-order chi connectivity index (χ0) is 22.7. The molecule has 1 heterocycles. The highest BCUT2D eigenvalue weighted by Crippen LogP contribution is 2.23. The van der Waals surface area contributed by atoms with Crippen LogP contribution in [0, 0.1) is 0 Å². The molecular weight excluding hydrogens is 422 g/mol. The fourth-order valence-electron chi connectivity index (χ4n) is 3.78. The second-order valence-electron chi connectivity index (χ2n) is 8.06. The van der Waals surface area contributed by atoms with Crippen LogP contribution in [-0.4, -0.2) is 63.8 Å². The molecule has 0 spiro atoms. The Labute approximate surface area is 189 Å². The van der Waals surface area contributed by atoms with Gasteiger partial charge in [0.25, 0.3) is 0 Å². The van der Waals surface area contributed by atoms with Gasteiger partial charge in [-0.05, 0) is 46.7 Å². The summed E-state index contributed by atoms with van der Waals surface area (Å²) >= 11 is 0. The van der Waals surface area contributed by atoms with Gasteiger partial charge in [0, 0.05) is 52.0 Å². The van der Waals surface area contributed by atoms with Gasteiger partial charge in [-0.2, -0.15) is 4.31 Å². The summed E-state index contributed by atoms with van der Waals surface area (Å²) in [4.78, 5) is 16.6. The van der Waals surface area contributed by atoms with Crippen molar-refractivity contribution < 1.29 is 13.2 Å². The molecule has 0 radical (unpaired) electrons. The molecule has 0 aromatic heterocycles. The first-order chi connectivity index (χ1) is 15.3. The number of nitrogens with zero attached hydrogens (tertiary/aromatic N) is 3. The van der Waals surface area contributed by atoms with Crippen molar-refractivity contribution in [3.8, 4) is 0 Å². The van der Waals surface area contributed by atoms with Crippen molar-refractivity contribution >= 4 is 38.5 Å². The molecule has 7 heteroatoms. The first-order valence-corrected chi connectivity index (χ1v) is 12.0. The van der Waals surface area contributed by atoms with Crippen LogP contribution in [0.25, 0.3) is 16.8 Å². The van der Waals surface area contributed by atoms with Crippen LogP contribution >= 0.6 is 0 Å². The summed E-state index contributed by atoms with van der Waals surface area (Å²) in [5.74, 6) is -0.107. The molecular formula is C25H27N3O3S. The fraction of sp³-hybridized carbons (Fsp3) is 0.240. The summed E-state index contributed by atoms with van der Waals surface area (Å²) in [6.07, 6.45) is 3.35. The lowest BCUT2D eigenvalue weighted by atomic mass is 10.1. The van der Waals surface area contributed by atoms with Gasteiger partial charge in [-0.25, -0.2) is 8.42 Å². The van der Waals surface area contributed by atoms with Crippen molar-refractivity contribution in [3.05, 3.63) is 78.4 Å². The predicted octanol–water partition coefficient (Wildman–Crippen LogP) is 3.45. The number of hydrogen-bond acceptors (Lipinski definition) is 4. The lowest BCUT2D eigenvalue weighted by Crippen LogP contribution is -2.50. The second kappa shape index (κ2) is 9.14. The number of hydrogen-bond donors (Lipinski definition) is 0. The van der Waals surface area contributed by atoms with Gasteiger partial charge in [-0.3, -0.25) is 4.79 Å². The van der Waals surface area contributed by atoms with E-state index >= 15 is 0 Å². The minimum Gasteiger partial charge on any atom is -0.378 e. The molecule has 32 heavy (non-hydrogen) atoms. The molecule has 1 fully saturated rings. The monoisotopic (exact) mass is 449 g/mol. The maximum absolute atomic E-state index is 13.1. The van der Waals surface area contributed by atoms with E-state index in [1.54, 1.807) is 29.2 Å². The Balaban J connectivity index is 1.38. The molecule has 1 aliphatic rings. The van der Waals surface area contributed by atoms with Gasteiger partial charge < -0.3 is 9.80 Å². The smallest absolute Gasteiger partial charge is 0.246 e. The van der Waals surface area contributed by atoms with E-state index in [1.807, 2.05) is 73.6 Å². The van der Waals surface area contributed by atoms with Gasteiger partial charge in [0.2, 0.25) is 15.9 Å². The fourth-order valence-corrected chi connectivity index (χ4v) is 5.24. The molecule has 0 N–H and O–H groups in total. The normalized spacial score (nSPS) is 15.4. The molecule has 4 rings (SSSR count). The summed E-state index contributed by atoms with van der Waals surface area (Å²) in [6.45, 7) is 1.31. The molecule has 1 amide bonds. The quantitative estimate of drug-likeness (QED) is 0.560. The maximum Gasteiger partial charge on any atom is 0.246 e. The molecule has 3 aromatic rings. The average molecular weight is 450 g/mol. The van der Waals surface area contributed by atoms with Crippen molar-refractivity contribution in [2.45, 2.75) is 4.90 Å². The van der Waals surface area contributed by atoms with Crippen LogP contribution in [0.1, 0.15) is 5.56 Å². The van der Waals surface area contributed by atoms with Gasteiger partial charge in [-0.15, -0.1) is 0 Å². The van der Waals surface area contributed by atoms with Gasteiger partial charge >= 0.3 is 0 Å². The number of fused-ring (bicyclic) bond motifs is 1. The minimum atomic E-state index is -3.60. The first kappa shape index (κ1) is 22.0. The molecule has 0 unspecified atom stereocenters. The van der Waals surface area contributed by atoms with E-state index in [4.69, 9.17) is 0 Å². The summed E-state index contributed by atoms with van der Waals surface area (Å²) in [6, 6.07) is 20.8. The number of anilines is 1. The van der Waals surface area contributed by atoms with Crippen LogP contribution in [-0.2, 0) is 14.8 Å². The van der Waals surface area contributed by atoms with Crippen molar-refractivity contribution in [2.24, 2.45) is 0 Å². The molecule has 3 aromatic carbocycles. The van der Waals surface area contributed by atoms with E-state index in [0.717, 1.165) is 22.0 Å². The number of rotatable bonds is 5. The Morgan fingerprint density at radius 2 is 1.53 bits per heavy atom. The van der Waals surface area contributed by atoms with Gasteiger partial charge in [-0.1, -0.05) is 42.5 Å². The Morgan fingerprint density at radius 3 is 2.19 bits per heavy atom. The highest BCUT2D eigenvalue weighted by Gasteiger charge is 2.29. The number of carbonyl (C=O) groups is 1. The third-order valence-corrected chi connectivity index (χ3v) is 7.63. The highest BCUT2D eigenvalue weighted by atomic mass is 32.2. The summed E-state index contributed by atoms with van der Waals surface area (Å²) in [5, 5.41) is 1.90. The number of amides is 1. The van der Waals surface area contributed by atoms with E-state index in [9.17, 15) is 13.2 Å². The van der Waals surface area contributed by atoms with Gasteiger partial charge in [0.15, 0.2) is 0 Å².